The summed E-state index contributed by atoms with van der Waals surface area (Å²) in [5.41, 5.74) is 0.252. The molecule has 0 aliphatic rings. The lowest BCUT2D eigenvalue weighted by molar-refractivity contribution is 0.0123. The Morgan fingerprint density at radius 3 is 2.71 bits per heavy atom. The molecule has 17 heavy (non-hydrogen) atoms. The highest BCUT2D eigenvalue weighted by Gasteiger charge is 2.20. The molecule has 0 bridgehead atoms. The van der Waals surface area contributed by atoms with Crippen LogP contribution in [0.25, 0.3) is 0 Å². The molecule has 0 amide bonds. The Morgan fingerprint density at radius 2 is 2.06 bits per heavy atom. The zero-order valence-corrected chi connectivity index (χ0v) is 11.0. The van der Waals surface area contributed by atoms with Gasteiger partial charge >= 0.3 is 0 Å². The van der Waals surface area contributed by atoms with E-state index in [-0.39, 0.29) is 0 Å². The lowest BCUT2D eigenvalue weighted by atomic mass is 10.1. The summed E-state index contributed by atoms with van der Waals surface area (Å²) in [5, 5.41) is 13.3. The maximum absolute atomic E-state index is 10.1. The molecular formula is C14H23NO2. The summed E-state index contributed by atoms with van der Waals surface area (Å²) >= 11 is 0. The zero-order chi connectivity index (χ0) is 12.7. The summed E-state index contributed by atoms with van der Waals surface area (Å²) in [5.74, 6) is 0.836. The summed E-state index contributed by atoms with van der Waals surface area (Å²) in [7, 11) is 0. The Bertz CT molecular complexity index is 337. The molecule has 0 aliphatic heterocycles. The molecule has 1 atom stereocenters. The van der Waals surface area contributed by atoms with Crippen LogP contribution in [0.1, 0.15) is 25.8 Å². The average Bonchev–Trinajstić information content (AvgIpc) is 2.28. The number of para-hydroxylation sites is 1. The number of rotatable bonds is 7. The van der Waals surface area contributed by atoms with Gasteiger partial charge < -0.3 is 15.2 Å². The molecule has 2 N–H and O–H groups in total. The molecule has 3 heteroatoms. The van der Waals surface area contributed by atoms with Crippen molar-refractivity contribution in [2.45, 2.75) is 32.8 Å². The topological polar surface area (TPSA) is 41.5 Å². The molecule has 0 fully saturated rings. The smallest absolute Gasteiger partial charge is 0.122 e. The van der Waals surface area contributed by atoms with Crippen LogP contribution in [0.2, 0.25) is 0 Å². The molecule has 0 aliphatic carbocycles. The molecular weight excluding hydrogens is 214 g/mol. The second-order valence-electron chi connectivity index (χ2n) is 4.73. The molecule has 0 spiro atoms. The lowest BCUT2D eigenvalue weighted by Gasteiger charge is -2.24. The summed E-state index contributed by atoms with van der Waals surface area (Å²) in [6.07, 6.45) is 1.06. The van der Waals surface area contributed by atoms with Gasteiger partial charge in [0.25, 0.3) is 0 Å². The standard InChI is InChI=1S/C14H23NO2/c1-4-9-15-10-14(3,16)11-17-13-8-6-5-7-12(13)2/h5-8,15-16H,4,9-11H2,1-3H3. The maximum Gasteiger partial charge on any atom is 0.122 e. The molecule has 1 unspecified atom stereocenters. The van der Waals surface area contributed by atoms with Gasteiger partial charge in [-0.25, -0.2) is 0 Å². The van der Waals surface area contributed by atoms with E-state index in [1.165, 1.54) is 0 Å². The van der Waals surface area contributed by atoms with Gasteiger partial charge in [-0.15, -0.1) is 0 Å². The average molecular weight is 237 g/mol. The first-order valence-electron chi connectivity index (χ1n) is 6.17. The van der Waals surface area contributed by atoms with Crippen molar-refractivity contribution in [3.8, 4) is 5.75 Å². The number of nitrogens with one attached hydrogen (secondary N) is 1. The molecule has 0 radical (unpaired) electrons. The third-order valence-electron chi connectivity index (χ3n) is 2.56. The van der Waals surface area contributed by atoms with Crippen molar-refractivity contribution < 1.29 is 9.84 Å². The van der Waals surface area contributed by atoms with Crippen LogP contribution in [0.3, 0.4) is 0 Å². The molecule has 0 aromatic heterocycles. The van der Waals surface area contributed by atoms with E-state index in [1.54, 1.807) is 6.92 Å². The molecule has 1 aromatic rings. The van der Waals surface area contributed by atoms with E-state index in [1.807, 2.05) is 31.2 Å². The van der Waals surface area contributed by atoms with Gasteiger partial charge in [0.1, 0.15) is 18.0 Å². The maximum atomic E-state index is 10.1. The van der Waals surface area contributed by atoms with E-state index in [0.717, 1.165) is 24.3 Å². The van der Waals surface area contributed by atoms with Gasteiger partial charge in [-0.05, 0) is 38.4 Å². The molecule has 1 aromatic carbocycles. The van der Waals surface area contributed by atoms with Crippen LogP contribution >= 0.6 is 0 Å². The van der Waals surface area contributed by atoms with E-state index in [2.05, 4.69) is 12.2 Å². The summed E-state index contributed by atoms with van der Waals surface area (Å²) in [4.78, 5) is 0. The fourth-order valence-corrected chi connectivity index (χ4v) is 1.54. The highest BCUT2D eigenvalue weighted by Crippen LogP contribution is 2.17. The van der Waals surface area contributed by atoms with Crippen molar-refractivity contribution in [1.82, 2.24) is 5.32 Å². The first kappa shape index (κ1) is 14.0. The number of hydrogen-bond acceptors (Lipinski definition) is 3. The molecule has 0 heterocycles. The van der Waals surface area contributed by atoms with Gasteiger partial charge in [-0.3, -0.25) is 0 Å². The third-order valence-corrected chi connectivity index (χ3v) is 2.56. The fraction of sp³-hybridized carbons (Fsp3) is 0.571. The molecule has 0 saturated heterocycles. The van der Waals surface area contributed by atoms with Crippen molar-refractivity contribution >= 4 is 0 Å². The quantitative estimate of drug-likeness (QED) is 0.714. The first-order chi connectivity index (χ1) is 8.05. The normalized spacial score (nSPS) is 14.4. The first-order valence-corrected chi connectivity index (χ1v) is 6.17. The highest BCUT2D eigenvalue weighted by atomic mass is 16.5. The second kappa shape index (κ2) is 6.62. The lowest BCUT2D eigenvalue weighted by Crippen LogP contribution is -2.43. The fourth-order valence-electron chi connectivity index (χ4n) is 1.54. The van der Waals surface area contributed by atoms with Crippen LogP contribution in [0.5, 0.6) is 5.75 Å². The number of ether oxygens (including phenoxy) is 1. The summed E-state index contributed by atoms with van der Waals surface area (Å²) in [6.45, 7) is 7.65. The number of aryl methyl sites for hydroxylation is 1. The number of aliphatic hydroxyl groups is 1. The molecule has 0 saturated carbocycles. The van der Waals surface area contributed by atoms with Crippen molar-refractivity contribution in [1.29, 1.82) is 0 Å². The zero-order valence-electron chi connectivity index (χ0n) is 11.0. The van der Waals surface area contributed by atoms with Crippen LogP contribution in [0.15, 0.2) is 24.3 Å². The van der Waals surface area contributed by atoms with Gasteiger partial charge in [0.05, 0.1) is 0 Å². The Hall–Kier alpha value is -1.06. The highest BCUT2D eigenvalue weighted by molar-refractivity contribution is 5.31. The Kier molecular flexibility index (Phi) is 5.45. The van der Waals surface area contributed by atoms with Gasteiger partial charge in [-0.2, -0.15) is 0 Å². The minimum atomic E-state index is -0.836. The molecule has 3 nitrogen and oxygen atoms in total. The Balaban J connectivity index is 2.41. The van der Waals surface area contributed by atoms with E-state index in [0.29, 0.717) is 13.2 Å². The van der Waals surface area contributed by atoms with Crippen molar-refractivity contribution in [2.75, 3.05) is 19.7 Å². The van der Waals surface area contributed by atoms with Gasteiger partial charge in [0.15, 0.2) is 0 Å². The van der Waals surface area contributed by atoms with Crippen LogP contribution in [-0.2, 0) is 0 Å². The van der Waals surface area contributed by atoms with Crippen molar-refractivity contribution in [3.63, 3.8) is 0 Å². The minimum Gasteiger partial charge on any atom is -0.490 e. The van der Waals surface area contributed by atoms with Crippen LogP contribution in [0, 0.1) is 6.92 Å². The van der Waals surface area contributed by atoms with Crippen LogP contribution < -0.4 is 10.1 Å². The van der Waals surface area contributed by atoms with E-state index < -0.39 is 5.60 Å². The summed E-state index contributed by atoms with van der Waals surface area (Å²) < 4.78 is 5.64. The Labute approximate surface area is 104 Å². The van der Waals surface area contributed by atoms with E-state index in [4.69, 9.17) is 4.74 Å². The van der Waals surface area contributed by atoms with E-state index >= 15 is 0 Å². The monoisotopic (exact) mass is 237 g/mol. The number of hydrogen-bond donors (Lipinski definition) is 2. The molecule has 1 rings (SSSR count). The van der Waals surface area contributed by atoms with Crippen molar-refractivity contribution in [2.24, 2.45) is 0 Å². The van der Waals surface area contributed by atoms with Crippen LogP contribution in [0.4, 0.5) is 0 Å². The largest absolute Gasteiger partial charge is 0.490 e. The van der Waals surface area contributed by atoms with Gasteiger partial charge in [0, 0.05) is 6.54 Å². The van der Waals surface area contributed by atoms with Crippen molar-refractivity contribution in [3.05, 3.63) is 29.8 Å². The van der Waals surface area contributed by atoms with E-state index in [9.17, 15) is 5.11 Å². The number of benzene rings is 1. The predicted octanol–water partition coefficient (Wildman–Crippen LogP) is 2.12. The second-order valence-corrected chi connectivity index (χ2v) is 4.73. The van der Waals surface area contributed by atoms with Gasteiger partial charge in [-0.1, -0.05) is 25.1 Å². The summed E-state index contributed by atoms with van der Waals surface area (Å²) in [6, 6.07) is 7.83. The Morgan fingerprint density at radius 1 is 1.35 bits per heavy atom. The minimum absolute atomic E-state index is 0.300. The van der Waals surface area contributed by atoms with Gasteiger partial charge in [0.2, 0.25) is 0 Å². The predicted molar refractivity (Wildman–Crippen MR) is 70.5 cm³/mol. The SMILES string of the molecule is CCCNCC(C)(O)COc1ccccc1C. The third kappa shape index (κ3) is 5.20. The van der Waals surface area contributed by atoms with Crippen LogP contribution in [-0.4, -0.2) is 30.4 Å². The molecule has 96 valence electrons.